The molecule has 1 aromatic carbocycles. The number of ether oxygens (including phenoxy) is 1. The minimum absolute atomic E-state index is 0.752. The fourth-order valence-corrected chi connectivity index (χ4v) is 1.88. The van der Waals surface area contributed by atoms with Crippen molar-refractivity contribution in [1.29, 1.82) is 0 Å². The summed E-state index contributed by atoms with van der Waals surface area (Å²) < 4.78 is 5.86. The lowest BCUT2D eigenvalue weighted by molar-refractivity contribution is 0.300. The van der Waals surface area contributed by atoms with E-state index in [0.717, 1.165) is 35.1 Å². The summed E-state index contributed by atoms with van der Waals surface area (Å²) in [6.07, 6.45) is 4.49. The third-order valence-corrected chi connectivity index (χ3v) is 3.20. The highest BCUT2D eigenvalue weighted by atomic mass is 16.5. The van der Waals surface area contributed by atoms with Crippen molar-refractivity contribution >= 4 is 0 Å². The molecule has 1 aliphatic carbocycles. The van der Waals surface area contributed by atoms with Crippen LogP contribution in [0.5, 0.6) is 5.75 Å². The first-order valence-corrected chi connectivity index (χ1v) is 6.39. The van der Waals surface area contributed by atoms with Gasteiger partial charge >= 0.3 is 0 Å². The average molecular weight is 238 g/mol. The van der Waals surface area contributed by atoms with Crippen LogP contribution in [0, 0.1) is 18.9 Å². The van der Waals surface area contributed by atoms with Crippen molar-refractivity contribution in [2.24, 2.45) is 5.92 Å². The van der Waals surface area contributed by atoms with Gasteiger partial charge in [0, 0.05) is 29.1 Å². The van der Waals surface area contributed by atoms with E-state index in [1.807, 2.05) is 31.3 Å². The zero-order valence-electron chi connectivity index (χ0n) is 10.5. The van der Waals surface area contributed by atoms with Crippen LogP contribution in [0.2, 0.25) is 0 Å². The zero-order valence-corrected chi connectivity index (χ0v) is 10.5. The van der Waals surface area contributed by atoms with Crippen molar-refractivity contribution in [2.45, 2.75) is 19.8 Å². The molecule has 2 aromatic rings. The van der Waals surface area contributed by atoms with E-state index in [1.165, 1.54) is 12.8 Å². The van der Waals surface area contributed by atoms with Crippen LogP contribution in [0.15, 0.2) is 36.5 Å². The van der Waals surface area contributed by atoms with Gasteiger partial charge in [0.05, 0.1) is 6.61 Å². The Morgan fingerprint density at radius 2 is 2.22 bits per heavy atom. The van der Waals surface area contributed by atoms with Crippen LogP contribution in [-0.2, 0) is 0 Å². The van der Waals surface area contributed by atoms with Crippen LogP contribution in [0.1, 0.15) is 18.5 Å². The molecule has 0 aliphatic heterocycles. The molecule has 1 aliphatic rings. The van der Waals surface area contributed by atoms with Gasteiger partial charge in [0.1, 0.15) is 5.75 Å². The normalized spacial score (nSPS) is 14.5. The summed E-state index contributed by atoms with van der Waals surface area (Å²) >= 11 is 0. The number of aromatic nitrogens is 1. The van der Waals surface area contributed by atoms with Crippen molar-refractivity contribution in [2.75, 3.05) is 6.61 Å². The van der Waals surface area contributed by atoms with E-state index < -0.39 is 0 Å². The molecule has 2 nitrogen and oxygen atoms in total. The molecule has 0 spiro atoms. The topological polar surface area (TPSA) is 22.1 Å². The Labute approximate surface area is 108 Å². The van der Waals surface area contributed by atoms with E-state index in [1.54, 1.807) is 0 Å². The Morgan fingerprint density at radius 3 is 2.94 bits per heavy atom. The quantitative estimate of drug-likeness (QED) is 0.811. The number of rotatable bonds is 4. The maximum atomic E-state index is 5.86. The Balaban J connectivity index is 1.87. The van der Waals surface area contributed by atoms with Gasteiger partial charge in [-0.25, -0.2) is 0 Å². The molecule has 1 radical (unpaired) electrons. The minimum Gasteiger partial charge on any atom is -0.492 e. The predicted octanol–water partition coefficient (Wildman–Crippen LogP) is 3.65. The molecule has 0 bridgehead atoms. The van der Waals surface area contributed by atoms with E-state index in [2.05, 4.69) is 23.2 Å². The SMILES string of the molecule is Cc1ccc(-c2ccc[c]c2OCC2CC2)cn1. The lowest BCUT2D eigenvalue weighted by atomic mass is 10.1. The molecule has 0 atom stereocenters. The molecule has 3 rings (SSSR count). The van der Waals surface area contributed by atoms with Gasteiger partial charge in [-0.15, -0.1) is 0 Å². The molecule has 1 aromatic heterocycles. The van der Waals surface area contributed by atoms with E-state index in [-0.39, 0.29) is 0 Å². The van der Waals surface area contributed by atoms with Crippen molar-refractivity contribution in [3.05, 3.63) is 48.3 Å². The van der Waals surface area contributed by atoms with Crippen LogP contribution in [0.3, 0.4) is 0 Å². The third-order valence-electron chi connectivity index (χ3n) is 3.20. The van der Waals surface area contributed by atoms with Gasteiger partial charge in [-0.2, -0.15) is 0 Å². The largest absolute Gasteiger partial charge is 0.492 e. The second-order valence-corrected chi connectivity index (χ2v) is 4.86. The molecule has 18 heavy (non-hydrogen) atoms. The first-order valence-electron chi connectivity index (χ1n) is 6.39. The molecule has 1 saturated carbocycles. The van der Waals surface area contributed by atoms with Crippen LogP contribution in [0.25, 0.3) is 11.1 Å². The Morgan fingerprint density at radius 1 is 1.33 bits per heavy atom. The first-order chi connectivity index (χ1) is 8.83. The van der Waals surface area contributed by atoms with Crippen molar-refractivity contribution in [3.8, 4) is 16.9 Å². The molecule has 1 fully saturated rings. The smallest absolute Gasteiger partial charge is 0.135 e. The van der Waals surface area contributed by atoms with Crippen molar-refractivity contribution in [1.82, 2.24) is 4.98 Å². The van der Waals surface area contributed by atoms with Gasteiger partial charge in [0.2, 0.25) is 0 Å². The van der Waals surface area contributed by atoms with Gasteiger partial charge in [-0.05, 0) is 31.7 Å². The number of pyridine rings is 1. The van der Waals surface area contributed by atoms with Gasteiger partial charge in [0.25, 0.3) is 0 Å². The summed E-state index contributed by atoms with van der Waals surface area (Å²) in [5, 5.41) is 0. The van der Waals surface area contributed by atoms with Gasteiger partial charge in [-0.1, -0.05) is 24.3 Å². The summed E-state index contributed by atoms with van der Waals surface area (Å²) in [6.45, 7) is 2.80. The molecule has 0 saturated heterocycles. The lowest BCUT2D eigenvalue weighted by Gasteiger charge is -2.10. The first kappa shape index (κ1) is 11.3. The highest BCUT2D eigenvalue weighted by Gasteiger charge is 2.22. The highest BCUT2D eigenvalue weighted by Crippen LogP contribution is 2.33. The molecular weight excluding hydrogens is 222 g/mol. The van der Waals surface area contributed by atoms with Gasteiger partial charge in [0.15, 0.2) is 0 Å². The van der Waals surface area contributed by atoms with E-state index in [9.17, 15) is 0 Å². The number of hydrogen-bond donors (Lipinski definition) is 0. The molecule has 2 heteroatoms. The Hall–Kier alpha value is -1.83. The van der Waals surface area contributed by atoms with Crippen LogP contribution in [-0.4, -0.2) is 11.6 Å². The second-order valence-electron chi connectivity index (χ2n) is 4.86. The van der Waals surface area contributed by atoms with Gasteiger partial charge in [-0.3, -0.25) is 4.98 Å². The minimum atomic E-state index is 0.752. The number of benzene rings is 1. The van der Waals surface area contributed by atoms with Crippen molar-refractivity contribution in [3.63, 3.8) is 0 Å². The standard InChI is InChI=1S/C16H16NO/c1-12-6-9-14(10-17-12)15-4-2-3-5-16(15)18-11-13-7-8-13/h2-4,6,9-10,13H,7-8,11H2,1H3. The maximum absolute atomic E-state index is 5.86. The number of nitrogens with zero attached hydrogens (tertiary/aromatic N) is 1. The molecule has 0 amide bonds. The van der Waals surface area contributed by atoms with E-state index in [4.69, 9.17) is 4.74 Å². The van der Waals surface area contributed by atoms with Crippen LogP contribution >= 0.6 is 0 Å². The third kappa shape index (κ3) is 2.53. The lowest BCUT2D eigenvalue weighted by Crippen LogP contribution is -2.00. The number of aryl methyl sites for hydroxylation is 1. The second kappa shape index (κ2) is 4.81. The summed E-state index contributed by atoms with van der Waals surface area (Å²) in [4.78, 5) is 4.33. The molecule has 91 valence electrons. The van der Waals surface area contributed by atoms with Crippen LogP contribution in [0.4, 0.5) is 0 Å². The summed E-state index contributed by atoms with van der Waals surface area (Å²) in [5.74, 6) is 1.60. The molecule has 0 N–H and O–H groups in total. The van der Waals surface area contributed by atoms with Crippen molar-refractivity contribution < 1.29 is 4.74 Å². The fourth-order valence-electron chi connectivity index (χ4n) is 1.88. The maximum Gasteiger partial charge on any atom is 0.135 e. The number of hydrogen-bond acceptors (Lipinski definition) is 2. The monoisotopic (exact) mass is 238 g/mol. The highest BCUT2D eigenvalue weighted by molar-refractivity contribution is 5.69. The summed E-state index contributed by atoms with van der Waals surface area (Å²) in [5.41, 5.74) is 3.19. The Bertz CT molecular complexity index is 529. The average Bonchev–Trinajstić information content (AvgIpc) is 3.22. The van der Waals surface area contributed by atoms with Crippen LogP contribution < -0.4 is 4.74 Å². The Kier molecular flexibility index (Phi) is 3.01. The van der Waals surface area contributed by atoms with Gasteiger partial charge < -0.3 is 4.74 Å². The summed E-state index contributed by atoms with van der Waals surface area (Å²) in [7, 11) is 0. The molecular formula is C16H16NO. The fraction of sp³-hybridized carbons (Fsp3) is 0.312. The molecule has 1 heterocycles. The molecule has 0 unspecified atom stereocenters. The van der Waals surface area contributed by atoms with E-state index in [0.29, 0.717) is 0 Å². The number of para-hydroxylation sites is 1. The zero-order chi connectivity index (χ0) is 12.4. The summed E-state index contributed by atoms with van der Waals surface area (Å²) in [6, 6.07) is 13.2. The van der Waals surface area contributed by atoms with E-state index >= 15 is 0 Å². The predicted molar refractivity (Wildman–Crippen MR) is 71.5 cm³/mol.